The Morgan fingerprint density at radius 2 is 2.03 bits per heavy atom. The van der Waals surface area contributed by atoms with E-state index in [1.807, 2.05) is 6.07 Å². The second-order valence-corrected chi connectivity index (χ2v) is 8.53. The van der Waals surface area contributed by atoms with Gasteiger partial charge in [-0.1, -0.05) is 5.92 Å². The zero-order chi connectivity index (χ0) is 24.0. The number of methoxy groups -OCH3 is 1. The number of rotatable bonds is 7. The Kier molecular flexibility index (Phi) is 8.20. The standard InChI is InChI=1S/C24H21BrN2O5S/c1-5-11-32-21-18(25)12-15(13-19(21)30-4)14-20-22(28)27(3)24(33-20)26-17-9-7-16(8-10-17)23(29)31-6-2/h1,7-10,12-14H,6,11H2,2-4H3. The first-order chi connectivity index (χ1) is 15.9. The molecule has 0 bridgehead atoms. The third-order valence-electron chi connectivity index (χ3n) is 4.46. The summed E-state index contributed by atoms with van der Waals surface area (Å²) in [5.74, 6) is 2.84. The summed E-state index contributed by atoms with van der Waals surface area (Å²) >= 11 is 4.72. The average Bonchev–Trinajstić information content (AvgIpc) is 3.06. The van der Waals surface area contributed by atoms with Crippen LogP contribution in [0.2, 0.25) is 0 Å². The zero-order valence-corrected chi connectivity index (χ0v) is 20.7. The molecule has 7 nitrogen and oxygen atoms in total. The lowest BCUT2D eigenvalue weighted by molar-refractivity contribution is -0.121. The number of amidine groups is 1. The highest BCUT2D eigenvalue weighted by Gasteiger charge is 2.30. The number of halogens is 1. The van der Waals surface area contributed by atoms with E-state index in [9.17, 15) is 9.59 Å². The van der Waals surface area contributed by atoms with Gasteiger partial charge in [0.1, 0.15) is 6.61 Å². The van der Waals surface area contributed by atoms with Crippen LogP contribution in [-0.2, 0) is 9.53 Å². The highest BCUT2D eigenvalue weighted by atomic mass is 79.9. The van der Waals surface area contributed by atoms with Crippen LogP contribution < -0.4 is 9.47 Å². The Balaban J connectivity index is 1.84. The van der Waals surface area contributed by atoms with Crippen molar-refractivity contribution < 1.29 is 23.8 Å². The van der Waals surface area contributed by atoms with Crippen LogP contribution >= 0.6 is 27.7 Å². The van der Waals surface area contributed by atoms with Gasteiger partial charge in [0.25, 0.3) is 5.91 Å². The largest absolute Gasteiger partial charge is 0.493 e. The maximum atomic E-state index is 12.8. The predicted octanol–water partition coefficient (Wildman–Crippen LogP) is 4.88. The van der Waals surface area contributed by atoms with Gasteiger partial charge in [-0.2, -0.15) is 0 Å². The van der Waals surface area contributed by atoms with Gasteiger partial charge in [0, 0.05) is 7.05 Å². The van der Waals surface area contributed by atoms with Crippen molar-refractivity contribution in [3.63, 3.8) is 0 Å². The van der Waals surface area contributed by atoms with E-state index in [1.54, 1.807) is 50.4 Å². The lowest BCUT2D eigenvalue weighted by Crippen LogP contribution is -2.23. The number of ether oxygens (including phenoxy) is 3. The molecule has 1 aliphatic rings. The van der Waals surface area contributed by atoms with Crippen molar-refractivity contribution in [1.82, 2.24) is 4.90 Å². The first-order valence-corrected chi connectivity index (χ1v) is 11.5. The molecule has 0 radical (unpaired) electrons. The highest BCUT2D eigenvalue weighted by molar-refractivity contribution is 9.10. The van der Waals surface area contributed by atoms with Crippen molar-refractivity contribution in [2.45, 2.75) is 6.92 Å². The summed E-state index contributed by atoms with van der Waals surface area (Å²) < 4.78 is 16.6. The minimum absolute atomic E-state index is 0.106. The molecule has 0 atom stereocenters. The first kappa shape index (κ1) is 24.4. The fraction of sp³-hybridized carbons (Fsp3) is 0.208. The Morgan fingerprint density at radius 1 is 1.30 bits per heavy atom. The minimum Gasteiger partial charge on any atom is -0.493 e. The second-order valence-electron chi connectivity index (χ2n) is 6.66. The quantitative estimate of drug-likeness (QED) is 0.289. The van der Waals surface area contributed by atoms with Gasteiger partial charge < -0.3 is 14.2 Å². The van der Waals surface area contributed by atoms with E-state index in [0.717, 1.165) is 5.56 Å². The molecule has 0 spiro atoms. The molecule has 1 heterocycles. The molecule has 0 unspecified atom stereocenters. The summed E-state index contributed by atoms with van der Waals surface area (Å²) in [5.41, 5.74) is 1.81. The fourth-order valence-corrected chi connectivity index (χ4v) is 4.44. The van der Waals surface area contributed by atoms with Crippen molar-refractivity contribution in [3.05, 3.63) is 56.9 Å². The molecule has 3 rings (SSSR count). The third-order valence-corrected chi connectivity index (χ3v) is 6.11. The minimum atomic E-state index is -0.387. The topological polar surface area (TPSA) is 77.4 Å². The number of benzene rings is 2. The molecule has 1 fully saturated rings. The number of aliphatic imine (C=N–C) groups is 1. The lowest BCUT2D eigenvalue weighted by Gasteiger charge is -2.12. The van der Waals surface area contributed by atoms with Gasteiger partial charge in [-0.05, 0) is 82.7 Å². The number of hydrogen-bond acceptors (Lipinski definition) is 7. The SMILES string of the molecule is C#CCOc1c(Br)cc(C=C2SC(=Nc3ccc(C(=O)OCC)cc3)N(C)C2=O)cc1OC. The van der Waals surface area contributed by atoms with Crippen LogP contribution in [-0.4, -0.2) is 49.3 Å². The van der Waals surface area contributed by atoms with E-state index in [0.29, 0.717) is 43.9 Å². The molecule has 0 aromatic heterocycles. The van der Waals surface area contributed by atoms with Gasteiger partial charge in [0.2, 0.25) is 0 Å². The molecule has 2 aromatic carbocycles. The molecule has 0 N–H and O–H groups in total. The first-order valence-electron chi connectivity index (χ1n) is 9.85. The number of amides is 1. The summed E-state index contributed by atoms with van der Waals surface area (Å²) in [4.78, 5) is 31.1. The zero-order valence-electron chi connectivity index (χ0n) is 18.3. The summed E-state index contributed by atoms with van der Waals surface area (Å²) in [5, 5.41) is 0.523. The highest BCUT2D eigenvalue weighted by Crippen LogP contribution is 2.39. The van der Waals surface area contributed by atoms with Crippen molar-refractivity contribution in [1.29, 1.82) is 0 Å². The normalized spacial score (nSPS) is 15.6. The summed E-state index contributed by atoms with van der Waals surface area (Å²) in [6.07, 6.45) is 7.03. The smallest absolute Gasteiger partial charge is 0.338 e. The van der Waals surface area contributed by atoms with Crippen molar-refractivity contribution in [2.24, 2.45) is 4.99 Å². The van der Waals surface area contributed by atoms with Crippen LogP contribution in [0.25, 0.3) is 6.08 Å². The van der Waals surface area contributed by atoms with Crippen LogP contribution in [0.5, 0.6) is 11.5 Å². The molecule has 2 aromatic rings. The van der Waals surface area contributed by atoms with Crippen molar-refractivity contribution in [3.8, 4) is 23.8 Å². The maximum Gasteiger partial charge on any atom is 0.338 e. The van der Waals surface area contributed by atoms with E-state index in [4.69, 9.17) is 20.6 Å². The number of terminal acetylenes is 1. The predicted molar refractivity (Wildman–Crippen MR) is 133 cm³/mol. The van der Waals surface area contributed by atoms with Crippen LogP contribution in [0, 0.1) is 12.3 Å². The van der Waals surface area contributed by atoms with Crippen LogP contribution in [0.3, 0.4) is 0 Å². The lowest BCUT2D eigenvalue weighted by atomic mass is 10.2. The third kappa shape index (κ3) is 5.78. The number of hydrogen-bond donors (Lipinski definition) is 0. The van der Waals surface area contributed by atoms with Gasteiger partial charge >= 0.3 is 5.97 Å². The Hall–Kier alpha value is -3.22. The van der Waals surface area contributed by atoms with E-state index < -0.39 is 0 Å². The van der Waals surface area contributed by atoms with Gasteiger partial charge in [-0.15, -0.1) is 6.42 Å². The van der Waals surface area contributed by atoms with Crippen molar-refractivity contribution >= 4 is 56.5 Å². The van der Waals surface area contributed by atoms with Gasteiger partial charge in [-0.3, -0.25) is 9.69 Å². The van der Waals surface area contributed by atoms with Gasteiger partial charge in [0.15, 0.2) is 16.7 Å². The Labute approximate surface area is 204 Å². The van der Waals surface area contributed by atoms with E-state index in [-0.39, 0.29) is 18.5 Å². The molecule has 9 heteroatoms. The fourth-order valence-electron chi connectivity index (χ4n) is 2.88. The number of carbonyl (C=O) groups excluding carboxylic acids is 2. The number of thioether (sulfide) groups is 1. The summed E-state index contributed by atoms with van der Waals surface area (Å²) in [6.45, 7) is 2.17. The van der Waals surface area contributed by atoms with Gasteiger partial charge in [0.05, 0.1) is 34.3 Å². The summed E-state index contributed by atoms with van der Waals surface area (Å²) in [7, 11) is 3.19. The molecule has 0 saturated carbocycles. The second kappa shape index (κ2) is 11.1. The Bertz CT molecular complexity index is 1170. The monoisotopic (exact) mass is 528 g/mol. The number of esters is 1. The number of nitrogens with zero attached hydrogens (tertiary/aromatic N) is 2. The van der Waals surface area contributed by atoms with Crippen LogP contribution in [0.4, 0.5) is 5.69 Å². The molecular formula is C24H21BrN2O5S. The van der Waals surface area contributed by atoms with Crippen molar-refractivity contribution in [2.75, 3.05) is 27.4 Å². The molecule has 1 amide bonds. The van der Waals surface area contributed by atoms with Crippen LogP contribution in [0.15, 0.2) is 50.8 Å². The average molecular weight is 529 g/mol. The molecule has 1 saturated heterocycles. The van der Waals surface area contributed by atoms with Crippen LogP contribution in [0.1, 0.15) is 22.8 Å². The molecule has 33 heavy (non-hydrogen) atoms. The summed E-state index contributed by atoms with van der Waals surface area (Å²) in [6, 6.07) is 10.3. The Morgan fingerprint density at radius 3 is 2.67 bits per heavy atom. The molecular weight excluding hydrogens is 508 g/mol. The van der Waals surface area contributed by atoms with E-state index in [2.05, 4.69) is 26.8 Å². The van der Waals surface area contributed by atoms with E-state index in [1.165, 1.54) is 23.8 Å². The molecule has 1 aliphatic heterocycles. The molecule has 170 valence electrons. The van der Waals surface area contributed by atoms with E-state index >= 15 is 0 Å². The number of carbonyl (C=O) groups is 2. The molecule has 0 aliphatic carbocycles. The number of likely N-dealkylation sites (N-methyl/N-ethyl adjacent to an activating group) is 1. The maximum absolute atomic E-state index is 12.8. The van der Waals surface area contributed by atoms with Gasteiger partial charge in [-0.25, -0.2) is 9.79 Å².